The lowest BCUT2D eigenvalue weighted by atomic mass is 10.2. The van der Waals surface area contributed by atoms with E-state index in [1.54, 1.807) is 11.8 Å². The zero-order valence-corrected chi connectivity index (χ0v) is 13.2. The maximum Gasteiger partial charge on any atom is 0.252 e. The molecule has 110 valence electrons. The predicted octanol–water partition coefficient (Wildman–Crippen LogP) is 3.25. The van der Waals surface area contributed by atoms with Crippen LogP contribution in [0.1, 0.15) is 37.6 Å². The van der Waals surface area contributed by atoms with E-state index in [1.807, 2.05) is 31.2 Å². The third-order valence-electron chi connectivity index (χ3n) is 2.80. The van der Waals surface area contributed by atoms with Crippen molar-refractivity contribution >= 4 is 17.7 Å². The van der Waals surface area contributed by atoms with E-state index in [4.69, 9.17) is 5.11 Å². The number of benzene rings is 1. The number of carbonyl (C=O) groups excluding carboxylic acids is 1. The zero-order chi connectivity index (χ0) is 15.0. The fourth-order valence-electron chi connectivity index (χ4n) is 1.65. The average Bonchev–Trinajstić information content (AvgIpc) is 2.39. The molecule has 4 heteroatoms. The Morgan fingerprint density at radius 2 is 2.10 bits per heavy atom. The minimum atomic E-state index is -0.0775. The average molecular weight is 293 g/mol. The molecule has 0 aliphatic rings. The van der Waals surface area contributed by atoms with E-state index < -0.39 is 0 Å². The van der Waals surface area contributed by atoms with E-state index in [2.05, 4.69) is 25.2 Å². The van der Waals surface area contributed by atoms with Crippen LogP contribution in [0.3, 0.4) is 0 Å². The lowest BCUT2D eigenvalue weighted by Crippen LogP contribution is -2.33. The van der Waals surface area contributed by atoms with Crippen molar-refractivity contribution in [2.45, 2.75) is 38.1 Å². The Bertz CT molecular complexity index is 467. The first-order chi connectivity index (χ1) is 9.54. The first-order valence-corrected chi connectivity index (χ1v) is 7.80. The SMILES string of the molecule is CC(C)=CCSc1ccccc1C(=O)NC(C)CCO. The number of hydrogen-bond donors (Lipinski definition) is 2. The third kappa shape index (κ3) is 5.80. The topological polar surface area (TPSA) is 49.3 Å². The van der Waals surface area contributed by atoms with Gasteiger partial charge < -0.3 is 10.4 Å². The number of nitrogens with one attached hydrogen (secondary N) is 1. The molecule has 3 nitrogen and oxygen atoms in total. The molecule has 0 fully saturated rings. The van der Waals surface area contributed by atoms with Crippen LogP contribution >= 0.6 is 11.8 Å². The molecule has 20 heavy (non-hydrogen) atoms. The molecule has 1 unspecified atom stereocenters. The second-order valence-electron chi connectivity index (χ2n) is 4.98. The maximum atomic E-state index is 12.2. The summed E-state index contributed by atoms with van der Waals surface area (Å²) in [5, 5.41) is 11.8. The summed E-state index contributed by atoms with van der Waals surface area (Å²) in [7, 11) is 0. The van der Waals surface area contributed by atoms with Crippen LogP contribution in [0.25, 0.3) is 0 Å². The van der Waals surface area contributed by atoms with Crippen LogP contribution in [0.15, 0.2) is 40.8 Å². The lowest BCUT2D eigenvalue weighted by Gasteiger charge is -2.14. The molecule has 0 spiro atoms. The van der Waals surface area contributed by atoms with Crippen molar-refractivity contribution in [3.63, 3.8) is 0 Å². The number of rotatable bonds is 7. The van der Waals surface area contributed by atoms with Crippen LogP contribution < -0.4 is 5.32 Å². The second-order valence-corrected chi connectivity index (χ2v) is 6.04. The summed E-state index contributed by atoms with van der Waals surface area (Å²) in [4.78, 5) is 13.2. The molecule has 1 aromatic carbocycles. The van der Waals surface area contributed by atoms with E-state index in [0.717, 1.165) is 10.6 Å². The second kappa shape index (κ2) is 8.82. The molecule has 0 heterocycles. The van der Waals surface area contributed by atoms with E-state index >= 15 is 0 Å². The van der Waals surface area contributed by atoms with Gasteiger partial charge in [0, 0.05) is 23.3 Å². The van der Waals surface area contributed by atoms with Gasteiger partial charge in [0.15, 0.2) is 0 Å². The van der Waals surface area contributed by atoms with Gasteiger partial charge in [-0.3, -0.25) is 4.79 Å². The molecule has 0 radical (unpaired) electrons. The molecule has 0 saturated carbocycles. The summed E-state index contributed by atoms with van der Waals surface area (Å²) in [6.45, 7) is 6.11. The highest BCUT2D eigenvalue weighted by Gasteiger charge is 2.13. The Balaban J connectivity index is 2.73. The predicted molar refractivity (Wildman–Crippen MR) is 85.2 cm³/mol. The van der Waals surface area contributed by atoms with Crippen molar-refractivity contribution in [3.8, 4) is 0 Å². The van der Waals surface area contributed by atoms with Gasteiger partial charge in [0.05, 0.1) is 5.56 Å². The lowest BCUT2D eigenvalue weighted by molar-refractivity contribution is 0.0931. The fourth-order valence-corrected chi connectivity index (χ4v) is 2.73. The van der Waals surface area contributed by atoms with Gasteiger partial charge in [-0.25, -0.2) is 0 Å². The number of carbonyl (C=O) groups is 1. The number of allylic oxidation sites excluding steroid dienone is 1. The largest absolute Gasteiger partial charge is 0.396 e. The molecule has 1 aromatic rings. The minimum absolute atomic E-state index is 0.0247. The summed E-state index contributed by atoms with van der Waals surface area (Å²) in [5.74, 6) is 0.782. The van der Waals surface area contributed by atoms with Gasteiger partial charge in [0.2, 0.25) is 0 Å². The van der Waals surface area contributed by atoms with Crippen LogP contribution in [-0.4, -0.2) is 29.4 Å². The first-order valence-electron chi connectivity index (χ1n) is 6.81. The van der Waals surface area contributed by atoms with Gasteiger partial charge in [0.1, 0.15) is 0 Å². The van der Waals surface area contributed by atoms with Gasteiger partial charge in [-0.2, -0.15) is 0 Å². The Labute approximate surface area is 125 Å². The molecule has 0 saturated heterocycles. The van der Waals surface area contributed by atoms with Crippen molar-refractivity contribution in [3.05, 3.63) is 41.5 Å². The number of hydrogen-bond acceptors (Lipinski definition) is 3. The van der Waals surface area contributed by atoms with Crippen molar-refractivity contribution < 1.29 is 9.90 Å². The van der Waals surface area contributed by atoms with E-state index in [0.29, 0.717) is 12.0 Å². The molecule has 0 aromatic heterocycles. The van der Waals surface area contributed by atoms with Crippen molar-refractivity contribution in [1.82, 2.24) is 5.32 Å². The number of thioether (sulfide) groups is 1. The van der Waals surface area contributed by atoms with Crippen LogP contribution in [-0.2, 0) is 0 Å². The molecule has 0 aliphatic carbocycles. The van der Waals surface area contributed by atoms with Crippen LogP contribution in [0.5, 0.6) is 0 Å². The molecular weight excluding hydrogens is 270 g/mol. The van der Waals surface area contributed by atoms with E-state index in [1.165, 1.54) is 5.57 Å². The Morgan fingerprint density at radius 3 is 2.75 bits per heavy atom. The first kappa shape index (κ1) is 16.8. The Kier molecular flexibility index (Phi) is 7.41. The van der Waals surface area contributed by atoms with E-state index in [-0.39, 0.29) is 18.6 Å². The van der Waals surface area contributed by atoms with Gasteiger partial charge in [0.25, 0.3) is 5.91 Å². The molecule has 1 atom stereocenters. The standard InChI is InChI=1S/C16H23NO2S/c1-12(2)9-11-20-15-7-5-4-6-14(15)16(19)17-13(3)8-10-18/h4-7,9,13,18H,8,10-11H2,1-3H3,(H,17,19). The quantitative estimate of drug-likeness (QED) is 0.599. The van der Waals surface area contributed by atoms with E-state index in [9.17, 15) is 4.79 Å². The van der Waals surface area contributed by atoms with Gasteiger partial charge in [-0.15, -0.1) is 11.8 Å². The monoisotopic (exact) mass is 293 g/mol. The minimum Gasteiger partial charge on any atom is -0.396 e. The zero-order valence-electron chi connectivity index (χ0n) is 12.3. The normalized spacial score (nSPS) is 11.8. The molecule has 0 bridgehead atoms. The highest BCUT2D eigenvalue weighted by atomic mass is 32.2. The number of aliphatic hydroxyl groups is 1. The maximum absolute atomic E-state index is 12.2. The van der Waals surface area contributed by atoms with Gasteiger partial charge in [-0.1, -0.05) is 23.8 Å². The van der Waals surface area contributed by atoms with Crippen molar-refractivity contribution in [2.24, 2.45) is 0 Å². The van der Waals surface area contributed by atoms with Crippen LogP contribution in [0.2, 0.25) is 0 Å². The summed E-state index contributed by atoms with van der Waals surface area (Å²) in [6.07, 6.45) is 2.71. The Hall–Kier alpha value is -1.26. The van der Waals surface area contributed by atoms with Crippen LogP contribution in [0.4, 0.5) is 0 Å². The summed E-state index contributed by atoms with van der Waals surface area (Å²) in [5.41, 5.74) is 1.97. The van der Waals surface area contributed by atoms with Gasteiger partial charge in [-0.05, 0) is 39.3 Å². The summed E-state index contributed by atoms with van der Waals surface area (Å²) < 4.78 is 0. The number of aliphatic hydroxyl groups excluding tert-OH is 1. The third-order valence-corrected chi connectivity index (χ3v) is 3.80. The summed E-state index contributed by atoms with van der Waals surface area (Å²) in [6, 6.07) is 7.60. The fraction of sp³-hybridized carbons (Fsp3) is 0.438. The van der Waals surface area contributed by atoms with Gasteiger partial charge >= 0.3 is 0 Å². The van der Waals surface area contributed by atoms with Crippen molar-refractivity contribution in [1.29, 1.82) is 0 Å². The molecular formula is C16H23NO2S. The smallest absolute Gasteiger partial charge is 0.252 e. The molecule has 1 amide bonds. The molecule has 1 rings (SSSR count). The summed E-state index contributed by atoms with van der Waals surface area (Å²) >= 11 is 1.66. The van der Waals surface area contributed by atoms with Crippen LogP contribution in [0, 0.1) is 0 Å². The highest BCUT2D eigenvalue weighted by Crippen LogP contribution is 2.23. The Morgan fingerprint density at radius 1 is 1.40 bits per heavy atom. The van der Waals surface area contributed by atoms with Crippen molar-refractivity contribution in [2.75, 3.05) is 12.4 Å². The highest BCUT2D eigenvalue weighted by molar-refractivity contribution is 7.99. The number of amides is 1. The molecule has 0 aliphatic heterocycles. The molecule has 2 N–H and O–H groups in total.